The maximum atomic E-state index is 13.7. The van der Waals surface area contributed by atoms with Gasteiger partial charge in [-0.3, -0.25) is 4.79 Å². The van der Waals surface area contributed by atoms with Gasteiger partial charge in [0.1, 0.15) is 11.6 Å². The maximum Gasteiger partial charge on any atom is 0.222 e. The molecular weight excluding hydrogens is 295 g/mol. The lowest BCUT2D eigenvalue weighted by molar-refractivity contribution is -0.132. The Kier molecular flexibility index (Phi) is 4.74. The zero-order chi connectivity index (χ0) is 16.2. The zero-order valence-corrected chi connectivity index (χ0v) is 13.3. The number of carbonyl (C=O) groups is 1. The largest absolute Gasteiger partial charge is 0.445 e. The van der Waals surface area contributed by atoms with Gasteiger partial charge in [-0.2, -0.15) is 0 Å². The van der Waals surface area contributed by atoms with Crippen molar-refractivity contribution < 1.29 is 13.6 Å². The Morgan fingerprint density at radius 1 is 1.43 bits per heavy atom. The van der Waals surface area contributed by atoms with Crippen LogP contribution in [-0.2, 0) is 11.2 Å². The third kappa shape index (κ3) is 3.60. The van der Waals surface area contributed by atoms with Crippen LogP contribution >= 0.6 is 0 Å². The molecule has 2 heterocycles. The SMILES string of the molecule is CCC(=O)N1CCC[C@@H](c2ncc(Cc3ccccc3F)o2)C1. The van der Waals surface area contributed by atoms with Crippen molar-refractivity contribution in [1.82, 2.24) is 9.88 Å². The van der Waals surface area contributed by atoms with Crippen LogP contribution in [0.4, 0.5) is 4.39 Å². The Hall–Kier alpha value is -2.17. The van der Waals surface area contributed by atoms with Crippen LogP contribution in [0.5, 0.6) is 0 Å². The lowest BCUT2D eigenvalue weighted by Crippen LogP contribution is -2.38. The van der Waals surface area contributed by atoms with Crippen molar-refractivity contribution in [2.24, 2.45) is 0 Å². The van der Waals surface area contributed by atoms with Gasteiger partial charge in [0.15, 0.2) is 5.89 Å². The maximum absolute atomic E-state index is 13.7. The second-order valence-electron chi connectivity index (χ2n) is 5.97. The lowest BCUT2D eigenvalue weighted by atomic mass is 9.98. The van der Waals surface area contributed by atoms with Crippen LogP contribution in [0.25, 0.3) is 0 Å². The highest BCUT2D eigenvalue weighted by Gasteiger charge is 2.27. The molecule has 23 heavy (non-hydrogen) atoms. The number of piperidine rings is 1. The minimum atomic E-state index is -0.233. The summed E-state index contributed by atoms with van der Waals surface area (Å²) in [4.78, 5) is 18.1. The molecule has 1 aromatic carbocycles. The lowest BCUT2D eigenvalue weighted by Gasteiger charge is -2.31. The smallest absolute Gasteiger partial charge is 0.222 e. The van der Waals surface area contributed by atoms with E-state index < -0.39 is 0 Å². The predicted octanol–water partition coefficient (Wildman–Crippen LogP) is 3.52. The van der Waals surface area contributed by atoms with E-state index in [-0.39, 0.29) is 17.6 Å². The highest BCUT2D eigenvalue weighted by Crippen LogP contribution is 2.27. The average molecular weight is 316 g/mol. The number of nitrogens with zero attached hydrogens (tertiary/aromatic N) is 2. The van der Waals surface area contributed by atoms with Crippen molar-refractivity contribution >= 4 is 5.91 Å². The highest BCUT2D eigenvalue weighted by molar-refractivity contribution is 5.75. The number of rotatable bonds is 4. The fourth-order valence-corrected chi connectivity index (χ4v) is 3.05. The van der Waals surface area contributed by atoms with Crippen LogP contribution in [0.2, 0.25) is 0 Å². The van der Waals surface area contributed by atoms with Crippen LogP contribution in [-0.4, -0.2) is 28.9 Å². The number of halogens is 1. The molecule has 0 radical (unpaired) electrons. The van der Waals surface area contributed by atoms with Crippen molar-refractivity contribution in [3.05, 3.63) is 53.5 Å². The first-order chi connectivity index (χ1) is 11.2. The minimum absolute atomic E-state index is 0.133. The monoisotopic (exact) mass is 316 g/mol. The van der Waals surface area contributed by atoms with Crippen LogP contribution in [0.3, 0.4) is 0 Å². The molecule has 1 aliphatic heterocycles. The fourth-order valence-electron chi connectivity index (χ4n) is 3.05. The quantitative estimate of drug-likeness (QED) is 0.867. The van der Waals surface area contributed by atoms with E-state index in [1.54, 1.807) is 18.3 Å². The number of carbonyl (C=O) groups excluding carboxylic acids is 1. The van der Waals surface area contributed by atoms with Gasteiger partial charge >= 0.3 is 0 Å². The van der Waals surface area contributed by atoms with E-state index >= 15 is 0 Å². The van der Waals surface area contributed by atoms with Gasteiger partial charge < -0.3 is 9.32 Å². The first-order valence-corrected chi connectivity index (χ1v) is 8.13. The van der Waals surface area contributed by atoms with E-state index in [1.165, 1.54) is 6.07 Å². The van der Waals surface area contributed by atoms with Crippen LogP contribution in [0.1, 0.15) is 49.3 Å². The summed E-state index contributed by atoms with van der Waals surface area (Å²) in [6.45, 7) is 3.35. The molecule has 5 heteroatoms. The fraction of sp³-hybridized carbons (Fsp3) is 0.444. The van der Waals surface area contributed by atoms with E-state index in [0.29, 0.717) is 36.6 Å². The van der Waals surface area contributed by atoms with Crippen molar-refractivity contribution in [2.45, 2.75) is 38.5 Å². The number of oxazole rings is 1. The number of benzene rings is 1. The summed E-state index contributed by atoms with van der Waals surface area (Å²) in [5.74, 6) is 1.39. The molecule has 0 aliphatic carbocycles. The van der Waals surface area contributed by atoms with E-state index in [9.17, 15) is 9.18 Å². The number of amides is 1. The second-order valence-corrected chi connectivity index (χ2v) is 5.97. The van der Waals surface area contributed by atoms with Gasteiger partial charge in [-0.15, -0.1) is 0 Å². The molecule has 0 unspecified atom stereocenters. The van der Waals surface area contributed by atoms with Crippen LogP contribution in [0, 0.1) is 5.82 Å². The minimum Gasteiger partial charge on any atom is -0.445 e. The summed E-state index contributed by atoms with van der Waals surface area (Å²) < 4.78 is 19.5. The molecule has 122 valence electrons. The molecule has 1 aliphatic rings. The summed E-state index contributed by atoms with van der Waals surface area (Å²) in [5, 5.41) is 0. The molecule has 1 atom stereocenters. The third-order valence-electron chi connectivity index (χ3n) is 4.32. The Bertz CT molecular complexity index is 683. The standard InChI is InChI=1S/C18H21FN2O2/c1-2-17(22)21-9-5-7-14(12-21)18-20-11-15(23-18)10-13-6-3-4-8-16(13)19/h3-4,6,8,11,14H,2,5,7,9-10,12H2,1H3/t14-/m1/s1. The molecule has 1 saturated heterocycles. The topological polar surface area (TPSA) is 46.3 Å². The van der Waals surface area contributed by atoms with Gasteiger partial charge in [0.2, 0.25) is 5.91 Å². The Morgan fingerprint density at radius 2 is 2.26 bits per heavy atom. The molecular formula is C18H21FN2O2. The Balaban J connectivity index is 1.69. The van der Waals surface area contributed by atoms with E-state index in [0.717, 1.165) is 19.4 Å². The highest BCUT2D eigenvalue weighted by atomic mass is 19.1. The van der Waals surface area contributed by atoms with Gasteiger partial charge in [-0.05, 0) is 24.5 Å². The van der Waals surface area contributed by atoms with Gasteiger partial charge in [0.25, 0.3) is 0 Å². The number of hydrogen-bond donors (Lipinski definition) is 0. The van der Waals surface area contributed by atoms with Crippen LogP contribution < -0.4 is 0 Å². The predicted molar refractivity (Wildman–Crippen MR) is 84.6 cm³/mol. The molecule has 1 aromatic heterocycles. The molecule has 1 amide bonds. The molecule has 3 rings (SSSR count). The summed E-state index contributed by atoms with van der Waals surface area (Å²) >= 11 is 0. The zero-order valence-electron chi connectivity index (χ0n) is 13.3. The first-order valence-electron chi connectivity index (χ1n) is 8.13. The van der Waals surface area contributed by atoms with E-state index in [2.05, 4.69) is 4.98 Å². The first kappa shape index (κ1) is 15.7. The molecule has 0 spiro atoms. The van der Waals surface area contributed by atoms with Crippen LogP contribution in [0.15, 0.2) is 34.9 Å². The number of hydrogen-bond acceptors (Lipinski definition) is 3. The van der Waals surface area contributed by atoms with Gasteiger partial charge in [0, 0.05) is 25.9 Å². The summed E-state index contributed by atoms with van der Waals surface area (Å²) in [5.41, 5.74) is 0.599. The number of aromatic nitrogens is 1. The normalized spacial score (nSPS) is 18.2. The molecule has 2 aromatic rings. The van der Waals surface area contributed by atoms with Crippen molar-refractivity contribution in [2.75, 3.05) is 13.1 Å². The van der Waals surface area contributed by atoms with Gasteiger partial charge in [0.05, 0.1) is 12.1 Å². The molecule has 1 fully saturated rings. The van der Waals surface area contributed by atoms with Crippen molar-refractivity contribution in [1.29, 1.82) is 0 Å². The van der Waals surface area contributed by atoms with E-state index in [4.69, 9.17) is 4.42 Å². The van der Waals surface area contributed by atoms with Gasteiger partial charge in [-0.25, -0.2) is 9.37 Å². The van der Waals surface area contributed by atoms with Crippen molar-refractivity contribution in [3.8, 4) is 0 Å². The Labute approximate surface area is 135 Å². The van der Waals surface area contributed by atoms with E-state index in [1.807, 2.05) is 17.9 Å². The summed E-state index contributed by atoms with van der Waals surface area (Å²) in [7, 11) is 0. The van der Waals surface area contributed by atoms with Gasteiger partial charge in [-0.1, -0.05) is 25.1 Å². The number of likely N-dealkylation sites (tertiary alicyclic amines) is 1. The van der Waals surface area contributed by atoms with Crippen molar-refractivity contribution in [3.63, 3.8) is 0 Å². The molecule has 0 N–H and O–H groups in total. The second kappa shape index (κ2) is 6.94. The average Bonchev–Trinajstić information content (AvgIpc) is 3.05. The third-order valence-corrected chi connectivity index (χ3v) is 4.32. The molecule has 0 saturated carbocycles. The molecule has 0 bridgehead atoms. The molecule has 4 nitrogen and oxygen atoms in total. The summed E-state index contributed by atoms with van der Waals surface area (Å²) in [6.07, 6.45) is 4.51. The Morgan fingerprint density at radius 3 is 3.04 bits per heavy atom. The summed E-state index contributed by atoms with van der Waals surface area (Å²) in [6, 6.07) is 6.68.